The zero-order valence-electron chi connectivity index (χ0n) is 22.6. The van der Waals surface area contributed by atoms with E-state index in [-0.39, 0.29) is 67.1 Å². The maximum absolute atomic E-state index is 12.4. The highest BCUT2D eigenvalue weighted by Gasteiger charge is 2.22. The molecule has 0 aliphatic carbocycles. The molecule has 3 aromatic rings. The Morgan fingerprint density at radius 2 is 1.65 bits per heavy atom. The Bertz CT molecular complexity index is 1350. The van der Waals surface area contributed by atoms with E-state index in [0.717, 1.165) is 11.1 Å². The number of rotatable bonds is 11. The van der Waals surface area contributed by atoms with Crippen LogP contribution in [-0.4, -0.2) is 98.6 Å². The number of carbonyl (C=O) groups excluding carboxylic acids is 3. The van der Waals surface area contributed by atoms with E-state index in [2.05, 4.69) is 20.3 Å². The quantitative estimate of drug-likeness (QED) is 0.279. The highest BCUT2D eigenvalue weighted by atomic mass is 16.5. The third-order valence-electron chi connectivity index (χ3n) is 6.60. The first kappa shape index (κ1) is 28.5. The second-order valence-electron chi connectivity index (χ2n) is 9.38. The lowest BCUT2D eigenvalue weighted by Gasteiger charge is -2.34. The van der Waals surface area contributed by atoms with Crippen LogP contribution in [-0.2, 0) is 32.2 Å². The number of aromatic hydroxyl groups is 1. The molecule has 0 bridgehead atoms. The van der Waals surface area contributed by atoms with Crippen molar-refractivity contribution in [1.82, 2.24) is 34.6 Å². The van der Waals surface area contributed by atoms with Gasteiger partial charge in [-0.1, -0.05) is 24.3 Å². The molecule has 14 heteroatoms. The van der Waals surface area contributed by atoms with Gasteiger partial charge in [-0.05, 0) is 11.1 Å². The number of aromatic nitrogens is 4. The van der Waals surface area contributed by atoms with Gasteiger partial charge >= 0.3 is 6.01 Å². The molecular formula is C26H34N8O6. The molecule has 1 aromatic carbocycles. The van der Waals surface area contributed by atoms with Crippen LogP contribution >= 0.6 is 0 Å². The number of amides is 3. The summed E-state index contributed by atoms with van der Waals surface area (Å²) in [4.78, 5) is 52.1. The van der Waals surface area contributed by atoms with Crippen molar-refractivity contribution in [2.75, 3.05) is 52.2 Å². The Morgan fingerprint density at radius 1 is 0.975 bits per heavy atom. The van der Waals surface area contributed by atoms with Crippen molar-refractivity contribution >= 4 is 34.7 Å². The molecule has 4 N–H and O–H groups in total. The van der Waals surface area contributed by atoms with Crippen molar-refractivity contribution < 1.29 is 29.0 Å². The van der Waals surface area contributed by atoms with Crippen LogP contribution in [0.3, 0.4) is 0 Å². The largest absolute Gasteiger partial charge is 0.480 e. The monoisotopic (exact) mass is 554 g/mol. The molecule has 3 heterocycles. The summed E-state index contributed by atoms with van der Waals surface area (Å²) in [5.74, 6) is -0.199. The van der Waals surface area contributed by atoms with E-state index in [4.69, 9.17) is 15.2 Å². The number of imidazole rings is 1. The molecule has 1 fully saturated rings. The summed E-state index contributed by atoms with van der Waals surface area (Å²) in [5.41, 5.74) is 8.33. The summed E-state index contributed by atoms with van der Waals surface area (Å²) >= 11 is 0. The lowest BCUT2D eigenvalue weighted by atomic mass is 10.1. The highest BCUT2D eigenvalue weighted by Crippen LogP contribution is 2.25. The second kappa shape index (κ2) is 13.1. The summed E-state index contributed by atoms with van der Waals surface area (Å²) in [7, 11) is 1.56. The van der Waals surface area contributed by atoms with E-state index in [1.807, 2.05) is 24.3 Å². The fourth-order valence-electron chi connectivity index (χ4n) is 4.30. The number of fused-ring (bicyclic) bond motifs is 1. The molecule has 1 aliphatic rings. The van der Waals surface area contributed by atoms with Crippen LogP contribution in [0.15, 0.2) is 24.3 Å². The third kappa shape index (κ3) is 7.14. The van der Waals surface area contributed by atoms with Crippen molar-refractivity contribution in [1.29, 1.82) is 0 Å². The van der Waals surface area contributed by atoms with Gasteiger partial charge in [-0.25, -0.2) is 0 Å². The number of carbonyl (C=O) groups is 3. The number of nitrogens with zero attached hydrogens (tertiary/aromatic N) is 6. The molecule has 3 amide bonds. The molecular weight excluding hydrogens is 520 g/mol. The van der Waals surface area contributed by atoms with Gasteiger partial charge in [0.25, 0.3) is 6.01 Å². The summed E-state index contributed by atoms with van der Waals surface area (Å²) in [5, 5.41) is 13.2. The fraction of sp³-hybridized carbons (Fsp3) is 0.462. The predicted octanol–water partition coefficient (Wildman–Crippen LogP) is 0.275. The maximum atomic E-state index is 12.4. The van der Waals surface area contributed by atoms with Crippen molar-refractivity contribution in [3.63, 3.8) is 0 Å². The minimum absolute atomic E-state index is 0.00531. The molecule has 1 saturated heterocycles. The average molecular weight is 555 g/mol. The molecule has 14 nitrogen and oxygen atoms in total. The maximum Gasteiger partial charge on any atom is 0.320 e. The van der Waals surface area contributed by atoms with Crippen molar-refractivity contribution in [2.24, 2.45) is 0 Å². The molecule has 0 unspecified atom stereocenters. The van der Waals surface area contributed by atoms with Gasteiger partial charge in [0.15, 0.2) is 17.0 Å². The third-order valence-corrected chi connectivity index (χ3v) is 6.60. The van der Waals surface area contributed by atoms with E-state index in [9.17, 15) is 19.5 Å². The lowest BCUT2D eigenvalue weighted by Crippen LogP contribution is -2.50. The smallest absolute Gasteiger partial charge is 0.320 e. The van der Waals surface area contributed by atoms with Crippen molar-refractivity contribution in [3.05, 3.63) is 35.4 Å². The van der Waals surface area contributed by atoms with Gasteiger partial charge in [-0.2, -0.15) is 15.0 Å². The Kier molecular flexibility index (Phi) is 9.32. The predicted molar refractivity (Wildman–Crippen MR) is 144 cm³/mol. The van der Waals surface area contributed by atoms with Crippen LogP contribution in [0.1, 0.15) is 30.9 Å². The summed E-state index contributed by atoms with van der Waals surface area (Å²) in [6, 6.07) is 7.29. The molecule has 0 radical (unpaired) electrons. The van der Waals surface area contributed by atoms with Crippen molar-refractivity contribution in [3.8, 4) is 12.0 Å². The number of nitrogen functional groups attached to an aromatic ring is 1. The van der Waals surface area contributed by atoms with E-state index in [1.54, 1.807) is 16.9 Å². The molecule has 1 aliphatic heterocycles. The number of hydrogen-bond donors (Lipinski definition) is 3. The average Bonchev–Trinajstić information content (AvgIpc) is 3.26. The lowest BCUT2D eigenvalue weighted by molar-refractivity contribution is -0.139. The van der Waals surface area contributed by atoms with E-state index in [0.29, 0.717) is 45.0 Å². The van der Waals surface area contributed by atoms with E-state index < -0.39 is 0 Å². The van der Waals surface area contributed by atoms with Gasteiger partial charge in [0.1, 0.15) is 6.61 Å². The minimum Gasteiger partial charge on any atom is -0.480 e. The normalized spacial score (nSPS) is 13.4. The molecule has 214 valence electrons. The molecule has 2 aromatic heterocycles. The van der Waals surface area contributed by atoms with Crippen LogP contribution < -0.4 is 15.8 Å². The number of piperazine rings is 1. The van der Waals surface area contributed by atoms with Gasteiger partial charge in [0.2, 0.25) is 17.7 Å². The first-order valence-electron chi connectivity index (χ1n) is 13.0. The number of nitrogens with two attached hydrogens (primary N) is 1. The highest BCUT2D eigenvalue weighted by molar-refractivity contribution is 5.84. The number of benzene rings is 1. The van der Waals surface area contributed by atoms with Gasteiger partial charge < -0.3 is 35.4 Å². The van der Waals surface area contributed by atoms with Gasteiger partial charge in [-0.15, -0.1) is 0 Å². The van der Waals surface area contributed by atoms with Crippen LogP contribution in [0.4, 0.5) is 5.82 Å². The molecule has 40 heavy (non-hydrogen) atoms. The minimum atomic E-state index is -0.253. The van der Waals surface area contributed by atoms with Gasteiger partial charge in [0.05, 0.1) is 13.2 Å². The molecule has 0 saturated carbocycles. The first-order chi connectivity index (χ1) is 19.2. The van der Waals surface area contributed by atoms with Crippen molar-refractivity contribution in [2.45, 2.75) is 32.9 Å². The zero-order chi connectivity index (χ0) is 28.6. The number of anilines is 1. The van der Waals surface area contributed by atoms with Crippen LogP contribution in [0.5, 0.6) is 12.0 Å². The Morgan fingerprint density at radius 3 is 2.33 bits per heavy atom. The second-order valence-corrected chi connectivity index (χ2v) is 9.38. The SMILES string of the molecule is COCCOc1nc(N)c2nc(O)n(Cc3ccc(CNC(=O)CCC(=O)N4CCN(C(C)=O)CC4)cc3)c2n1. The summed E-state index contributed by atoms with van der Waals surface area (Å²) in [6.07, 6.45) is 0.222. The Labute approximate surface area is 231 Å². The van der Waals surface area contributed by atoms with Gasteiger partial charge in [-0.3, -0.25) is 19.0 Å². The standard InChI is InChI=1S/C26H34N8O6/c1-17(35)32-9-11-33(12-10-32)21(37)8-7-20(36)28-15-18-3-5-19(6-4-18)16-34-24-22(29-26(34)38)23(27)30-25(31-24)40-14-13-39-2/h3-6H,7-16H2,1-2H3,(H,28,36)(H,29,38)(H2,27,30,31). The summed E-state index contributed by atoms with van der Waals surface area (Å²) in [6.45, 7) is 4.72. The Hall–Kier alpha value is -4.46. The fourth-order valence-corrected chi connectivity index (χ4v) is 4.30. The van der Waals surface area contributed by atoms with Gasteiger partial charge in [0, 0.05) is 59.6 Å². The van der Waals surface area contributed by atoms with E-state index >= 15 is 0 Å². The topological polar surface area (TPSA) is 178 Å². The summed E-state index contributed by atoms with van der Waals surface area (Å²) < 4.78 is 11.9. The molecule has 4 rings (SSSR count). The molecule has 0 spiro atoms. The first-order valence-corrected chi connectivity index (χ1v) is 13.0. The number of ether oxygens (including phenoxy) is 2. The number of methoxy groups -OCH3 is 1. The number of hydrogen-bond acceptors (Lipinski definition) is 10. The zero-order valence-corrected chi connectivity index (χ0v) is 22.6. The van der Waals surface area contributed by atoms with Crippen LogP contribution in [0.25, 0.3) is 11.2 Å². The molecule has 0 atom stereocenters. The number of nitrogens with one attached hydrogen (secondary N) is 1. The van der Waals surface area contributed by atoms with E-state index in [1.165, 1.54) is 11.5 Å². The van der Waals surface area contributed by atoms with Crippen LogP contribution in [0.2, 0.25) is 0 Å². The Balaban J connectivity index is 1.28. The van der Waals surface area contributed by atoms with Crippen LogP contribution in [0, 0.1) is 0 Å².